The van der Waals surface area contributed by atoms with Crippen LogP contribution in [0.2, 0.25) is 5.02 Å². The second-order valence-corrected chi connectivity index (χ2v) is 6.65. The molecule has 0 unspecified atom stereocenters. The fraction of sp³-hybridized carbons (Fsp3) is 0.190. The average Bonchev–Trinajstić information content (AvgIpc) is 2.61. The summed E-state index contributed by atoms with van der Waals surface area (Å²) in [5.41, 5.74) is 1.85. The molecule has 3 aromatic carbocycles. The van der Waals surface area contributed by atoms with Gasteiger partial charge in [0.2, 0.25) is 5.91 Å². The summed E-state index contributed by atoms with van der Waals surface area (Å²) in [5, 5.41) is 9.24. The van der Waals surface area contributed by atoms with Crippen molar-refractivity contribution >= 4 is 34.0 Å². The van der Waals surface area contributed by atoms with Crippen molar-refractivity contribution in [3.63, 3.8) is 0 Å². The highest BCUT2D eigenvalue weighted by Crippen LogP contribution is 2.20. The van der Waals surface area contributed by atoms with Gasteiger partial charge in [-0.3, -0.25) is 10.1 Å². The van der Waals surface area contributed by atoms with Crippen LogP contribution in [0.15, 0.2) is 66.7 Å². The summed E-state index contributed by atoms with van der Waals surface area (Å²) in [7, 11) is 0. The monoisotopic (exact) mass is 352 g/mol. The van der Waals surface area contributed by atoms with Crippen molar-refractivity contribution in [1.29, 1.82) is 0 Å². The molecule has 0 spiro atoms. The summed E-state index contributed by atoms with van der Waals surface area (Å²) in [6, 6.07) is 21.4. The minimum atomic E-state index is -0.333. The first kappa shape index (κ1) is 17.5. The lowest BCUT2D eigenvalue weighted by atomic mass is 10.1. The fourth-order valence-corrected chi connectivity index (χ4v) is 3.04. The van der Waals surface area contributed by atoms with Gasteiger partial charge in [-0.25, -0.2) is 0 Å². The van der Waals surface area contributed by atoms with E-state index < -0.39 is 0 Å². The Labute approximate surface area is 153 Å². The van der Waals surface area contributed by atoms with E-state index in [0.29, 0.717) is 5.02 Å². The predicted molar refractivity (Wildman–Crippen MR) is 105 cm³/mol. The third-order valence-corrected chi connectivity index (χ3v) is 4.49. The van der Waals surface area contributed by atoms with Crippen LogP contribution < -0.4 is 10.6 Å². The summed E-state index contributed by atoms with van der Waals surface area (Å²) in [5.74, 6) is -0.0656. The Hall–Kier alpha value is -2.36. The molecule has 0 bridgehead atoms. The molecule has 0 radical (unpaired) electrons. The van der Waals surface area contributed by atoms with E-state index in [1.807, 2.05) is 74.5 Å². The lowest BCUT2D eigenvalue weighted by Gasteiger charge is -2.20. The molecule has 0 saturated heterocycles. The smallest absolute Gasteiger partial charge is 0.241 e. The zero-order valence-electron chi connectivity index (χ0n) is 14.3. The van der Waals surface area contributed by atoms with E-state index in [9.17, 15) is 4.79 Å². The summed E-state index contributed by atoms with van der Waals surface area (Å²) in [6.07, 6.45) is 0. The molecule has 3 rings (SSSR count). The number of carbonyl (C=O) groups excluding carboxylic acids is 1. The van der Waals surface area contributed by atoms with Gasteiger partial charge in [0.25, 0.3) is 0 Å². The third kappa shape index (κ3) is 4.38. The first-order chi connectivity index (χ1) is 12.0. The predicted octanol–water partition coefficient (Wildman–Crippen LogP) is 5.17. The van der Waals surface area contributed by atoms with Crippen LogP contribution in [0.25, 0.3) is 10.8 Å². The van der Waals surface area contributed by atoms with Crippen LogP contribution in [0.1, 0.15) is 25.5 Å². The lowest BCUT2D eigenvalue weighted by molar-refractivity contribution is -0.117. The molecule has 2 N–H and O–H groups in total. The number of halogens is 1. The van der Waals surface area contributed by atoms with Gasteiger partial charge < -0.3 is 5.32 Å². The maximum absolute atomic E-state index is 12.5. The molecule has 0 heterocycles. The quantitative estimate of drug-likeness (QED) is 0.665. The Morgan fingerprint density at radius 1 is 0.920 bits per heavy atom. The van der Waals surface area contributed by atoms with Gasteiger partial charge in [0.1, 0.15) is 0 Å². The fourth-order valence-electron chi connectivity index (χ4n) is 2.84. The summed E-state index contributed by atoms with van der Waals surface area (Å²) >= 11 is 6.04. The molecule has 3 nitrogen and oxygen atoms in total. The maximum atomic E-state index is 12.5. The van der Waals surface area contributed by atoms with Gasteiger partial charge in [-0.05, 0) is 54.4 Å². The Kier molecular flexibility index (Phi) is 5.37. The second-order valence-electron chi connectivity index (χ2n) is 6.22. The zero-order valence-corrected chi connectivity index (χ0v) is 15.0. The SMILES string of the molecule is C[C@H](N[C@H](C)C(=O)Nc1ccc2ccccc2c1)c1cccc(Cl)c1. The van der Waals surface area contributed by atoms with Gasteiger partial charge in [0, 0.05) is 16.8 Å². The van der Waals surface area contributed by atoms with Crippen LogP contribution in [-0.2, 0) is 4.79 Å². The summed E-state index contributed by atoms with van der Waals surface area (Å²) < 4.78 is 0. The molecular weight excluding hydrogens is 332 g/mol. The Balaban J connectivity index is 1.65. The second kappa shape index (κ2) is 7.68. The van der Waals surface area contributed by atoms with Gasteiger partial charge in [0.15, 0.2) is 0 Å². The first-order valence-corrected chi connectivity index (χ1v) is 8.72. The van der Waals surface area contributed by atoms with Crippen LogP contribution >= 0.6 is 11.6 Å². The Morgan fingerprint density at radius 3 is 2.44 bits per heavy atom. The number of hydrogen-bond acceptors (Lipinski definition) is 2. The van der Waals surface area contributed by atoms with E-state index >= 15 is 0 Å². The highest BCUT2D eigenvalue weighted by molar-refractivity contribution is 6.30. The Bertz CT molecular complexity index is 894. The molecular formula is C21H21ClN2O. The van der Waals surface area contributed by atoms with Crippen molar-refractivity contribution in [2.75, 3.05) is 5.32 Å². The van der Waals surface area contributed by atoms with Crippen molar-refractivity contribution in [2.24, 2.45) is 0 Å². The van der Waals surface area contributed by atoms with Crippen molar-refractivity contribution in [3.05, 3.63) is 77.3 Å². The molecule has 25 heavy (non-hydrogen) atoms. The molecule has 2 atom stereocenters. The summed E-state index contributed by atoms with van der Waals surface area (Å²) in [6.45, 7) is 3.88. The lowest BCUT2D eigenvalue weighted by Crippen LogP contribution is -2.39. The normalized spacial score (nSPS) is 13.4. The van der Waals surface area contributed by atoms with Crippen molar-refractivity contribution in [3.8, 4) is 0 Å². The molecule has 128 valence electrons. The molecule has 0 aliphatic carbocycles. The molecule has 0 aliphatic heterocycles. The van der Waals surface area contributed by atoms with Crippen LogP contribution in [0.3, 0.4) is 0 Å². The molecule has 1 amide bonds. The highest BCUT2D eigenvalue weighted by Gasteiger charge is 2.16. The molecule has 0 saturated carbocycles. The van der Waals surface area contributed by atoms with Gasteiger partial charge in [0.05, 0.1) is 6.04 Å². The standard InChI is InChI=1S/C21H21ClN2O/c1-14(17-8-5-9-19(22)12-17)23-15(2)21(25)24-20-11-10-16-6-3-4-7-18(16)13-20/h3-15,23H,1-2H3,(H,24,25)/t14-,15+/m0/s1. The van der Waals surface area contributed by atoms with Crippen molar-refractivity contribution in [2.45, 2.75) is 25.9 Å². The maximum Gasteiger partial charge on any atom is 0.241 e. The van der Waals surface area contributed by atoms with E-state index in [-0.39, 0.29) is 18.0 Å². The topological polar surface area (TPSA) is 41.1 Å². The van der Waals surface area contributed by atoms with Gasteiger partial charge in [-0.15, -0.1) is 0 Å². The first-order valence-electron chi connectivity index (χ1n) is 8.34. The zero-order chi connectivity index (χ0) is 17.8. The number of anilines is 1. The van der Waals surface area contributed by atoms with E-state index in [1.165, 1.54) is 0 Å². The minimum Gasteiger partial charge on any atom is -0.325 e. The molecule has 4 heteroatoms. The number of nitrogens with one attached hydrogen (secondary N) is 2. The Morgan fingerprint density at radius 2 is 1.68 bits per heavy atom. The number of fused-ring (bicyclic) bond motifs is 1. The van der Waals surface area contributed by atoms with E-state index in [0.717, 1.165) is 22.0 Å². The van der Waals surface area contributed by atoms with E-state index in [2.05, 4.69) is 16.7 Å². The number of rotatable bonds is 5. The van der Waals surface area contributed by atoms with Gasteiger partial charge in [-0.2, -0.15) is 0 Å². The van der Waals surface area contributed by atoms with Crippen molar-refractivity contribution in [1.82, 2.24) is 5.32 Å². The molecule has 0 fully saturated rings. The van der Waals surface area contributed by atoms with Crippen LogP contribution in [0.5, 0.6) is 0 Å². The van der Waals surface area contributed by atoms with E-state index in [4.69, 9.17) is 11.6 Å². The molecule has 0 aliphatic rings. The summed E-state index contributed by atoms with van der Waals surface area (Å²) in [4.78, 5) is 12.5. The highest BCUT2D eigenvalue weighted by atomic mass is 35.5. The van der Waals surface area contributed by atoms with E-state index in [1.54, 1.807) is 0 Å². The number of benzene rings is 3. The van der Waals surface area contributed by atoms with Gasteiger partial charge >= 0.3 is 0 Å². The molecule has 0 aromatic heterocycles. The number of carbonyl (C=O) groups is 1. The number of amides is 1. The average molecular weight is 353 g/mol. The molecule has 3 aromatic rings. The van der Waals surface area contributed by atoms with Gasteiger partial charge in [-0.1, -0.05) is 54.1 Å². The minimum absolute atomic E-state index is 0.0241. The number of hydrogen-bond donors (Lipinski definition) is 2. The largest absolute Gasteiger partial charge is 0.325 e. The van der Waals surface area contributed by atoms with Crippen molar-refractivity contribution < 1.29 is 4.79 Å². The van der Waals surface area contributed by atoms with Crippen LogP contribution in [-0.4, -0.2) is 11.9 Å². The van der Waals surface area contributed by atoms with Crippen LogP contribution in [0, 0.1) is 0 Å². The van der Waals surface area contributed by atoms with Crippen LogP contribution in [0.4, 0.5) is 5.69 Å². The third-order valence-electron chi connectivity index (χ3n) is 4.26.